The van der Waals surface area contributed by atoms with Crippen molar-refractivity contribution in [2.24, 2.45) is 0 Å². The van der Waals surface area contributed by atoms with Gasteiger partial charge in [0.05, 0.1) is 6.54 Å². The van der Waals surface area contributed by atoms with Gasteiger partial charge < -0.3 is 10.2 Å². The van der Waals surface area contributed by atoms with Gasteiger partial charge in [-0.05, 0) is 44.6 Å². The van der Waals surface area contributed by atoms with E-state index in [0.717, 1.165) is 44.8 Å². The summed E-state index contributed by atoms with van der Waals surface area (Å²) in [5.41, 5.74) is 0.681. The Kier molecular flexibility index (Phi) is 5.04. The molecule has 5 heteroatoms. The molecule has 4 nitrogen and oxygen atoms in total. The molecule has 136 valence electrons. The van der Waals surface area contributed by atoms with Crippen LogP contribution < -0.4 is 5.32 Å². The van der Waals surface area contributed by atoms with Gasteiger partial charge in [-0.3, -0.25) is 9.69 Å². The molecule has 1 heterocycles. The van der Waals surface area contributed by atoms with Crippen LogP contribution in [0.2, 0.25) is 0 Å². The predicted molar refractivity (Wildman–Crippen MR) is 95.6 cm³/mol. The topological polar surface area (TPSA) is 35.6 Å². The molecule has 0 bridgehead atoms. The molecule has 1 aliphatic heterocycles. The Morgan fingerprint density at radius 3 is 2.48 bits per heavy atom. The van der Waals surface area contributed by atoms with Crippen LogP contribution in [0.25, 0.3) is 0 Å². The Balaban J connectivity index is 1.27. The quantitative estimate of drug-likeness (QED) is 0.825. The highest BCUT2D eigenvalue weighted by Gasteiger charge is 2.33. The number of hydrogen-bond donors (Lipinski definition) is 1. The number of nitrogens with zero attached hydrogens (tertiary/aromatic N) is 2. The van der Waals surface area contributed by atoms with Crippen molar-refractivity contribution >= 4 is 5.91 Å². The van der Waals surface area contributed by atoms with E-state index in [4.69, 9.17) is 0 Å². The second-order valence-corrected chi connectivity index (χ2v) is 7.84. The SMILES string of the molecule is O=C(CN(Cc1ccccc1F)C1CC1)NC1CCN(C2CC2)CC1. The van der Waals surface area contributed by atoms with Crippen LogP contribution in [-0.4, -0.2) is 53.5 Å². The van der Waals surface area contributed by atoms with Crippen LogP contribution in [0.5, 0.6) is 0 Å². The van der Waals surface area contributed by atoms with Gasteiger partial charge in [-0.15, -0.1) is 0 Å². The predicted octanol–water partition coefficient (Wildman–Crippen LogP) is 2.53. The number of amides is 1. The largest absolute Gasteiger partial charge is 0.352 e. The molecule has 2 saturated carbocycles. The van der Waals surface area contributed by atoms with Crippen molar-refractivity contribution < 1.29 is 9.18 Å². The zero-order valence-electron chi connectivity index (χ0n) is 14.8. The molecule has 2 aliphatic carbocycles. The van der Waals surface area contributed by atoms with Gasteiger partial charge in [0.1, 0.15) is 5.82 Å². The van der Waals surface area contributed by atoms with E-state index in [-0.39, 0.29) is 11.7 Å². The van der Waals surface area contributed by atoms with Crippen molar-refractivity contribution in [3.63, 3.8) is 0 Å². The Morgan fingerprint density at radius 1 is 1.12 bits per heavy atom. The molecule has 0 unspecified atom stereocenters. The summed E-state index contributed by atoms with van der Waals surface area (Å²) in [6.45, 7) is 3.11. The van der Waals surface area contributed by atoms with E-state index in [1.54, 1.807) is 6.07 Å². The van der Waals surface area contributed by atoms with Crippen molar-refractivity contribution in [3.05, 3.63) is 35.6 Å². The number of rotatable bonds is 7. The summed E-state index contributed by atoms with van der Waals surface area (Å²) < 4.78 is 13.9. The Morgan fingerprint density at radius 2 is 1.84 bits per heavy atom. The first-order valence-corrected chi connectivity index (χ1v) is 9.70. The van der Waals surface area contributed by atoms with Gasteiger partial charge in [0, 0.05) is 43.3 Å². The smallest absolute Gasteiger partial charge is 0.234 e. The van der Waals surface area contributed by atoms with Crippen LogP contribution in [0.15, 0.2) is 24.3 Å². The summed E-state index contributed by atoms with van der Waals surface area (Å²) >= 11 is 0. The van der Waals surface area contributed by atoms with Crippen LogP contribution in [0.3, 0.4) is 0 Å². The lowest BCUT2D eigenvalue weighted by Crippen LogP contribution is -2.48. The van der Waals surface area contributed by atoms with Crippen LogP contribution in [-0.2, 0) is 11.3 Å². The first-order valence-electron chi connectivity index (χ1n) is 9.70. The zero-order chi connectivity index (χ0) is 17.2. The monoisotopic (exact) mass is 345 g/mol. The van der Waals surface area contributed by atoms with Gasteiger partial charge in [-0.1, -0.05) is 18.2 Å². The van der Waals surface area contributed by atoms with Gasteiger partial charge in [0.25, 0.3) is 0 Å². The summed E-state index contributed by atoms with van der Waals surface area (Å²) in [7, 11) is 0. The molecule has 0 atom stereocenters. The summed E-state index contributed by atoms with van der Waals surface area (Å²) in [6, 6.07) is 8.43. The maximum absolute atomic E-state index is 13.9. The second kappa shape index (κ2) is 7.42. The fourth-order valence-electron chi connectivity index (χ4n) is 3.91. The lowest BCUT2D eigenvalue weighted by Gasteiger charge is -2.33. The maximum Gasteiger partial charge on any atom is 0.234 e. The molecule has 3 fully saturated rings. The van der Waals surface area contributed by atoms with Crippen LogP contribution in [0.4, 0.5) is 4.39 Å². The minimum atomic E-state index is -0.180. The molecule has 25 heavy (non-hydrogen) atoms. The molecule has 3 aliphatic rings. The molecule has 1 saturated heterocycles. The van der Waals surface area contributed by atoms with Crippen LogP contribution in [0.1, 0.15) is 44.1 Å². The third kappa shape index (κ3) is 4.59. The van der Waals surface area contributed by atoms with E-state index in [2.05, 4.69) is 15.1 Å². The second-order valence-electron chi connectivity index (χ2n) is 7.84. The third-order valence-electron chi connectivity index (χ3n) is 5.70. The highest BCUT2D eigenvalue weighted by Crippen LogP contribution is 2.30. The van der Waals surface area contributed by atoms with Crippen molar-refractivity contribution in [3.8, 4) is 0 Å². The minimum Gasteiger partial charge on any atom is -0.352 e. The number of carbonyl (C=O) groups is 1. The van der Waals surface area contributed by atoms with E-state index >= 15 is 0 Å². The molecule has 1 N–H and O–H groups in total. The number of halogens is 1. The Labute approximate surface area is 149 Å². The van der Waals surface area contributed by atoms with Crippen molar-refractivity contribution in [2.75, 3.05) is 19.6 Å². The molecule has 4 rings (SSSR count). The van der Waals surface area contributed by atoms with Crippen molar-refractivity contribution in [1.82, 2.24) is 15.1 Å². The average molecular weight is 345 g/mol. The first-order chi connectivity index (χ1) is 12.2. The molecular weight excluding hydrogens is 317 g/mol. The average Bonchev–Trinajstić information content (AvgIpc) is 3.49. The molecule has 1 aromatic rings. The van der Waals surface area contributed by atoms with E-state index in [1.807, 2.05) is 12.1 Å². The van der Waals surface area contributed by atoms with Crippen molar-refractivity contribution in [2.45, 2.75) is 63.2 Å². The van der Waals surface area contributed by atoms with Gasteiger partial charge in [-0.2, -0.15) is 0 Å². The lowest BCUT2D eigenvalue weighted by atomic mass is 10.0. The molecule has 0 aromatic heterocycles. The lowest BCUT2D eigenvalue weighted by molar-refractivity contribution is -0.123. The third-order valence-corrected chi connectivity index (χ3v) is 5.70. The van der Waals surface area contributed by atoms with E-state index in [9.17, 15) is 9.18 Å². The molecule has 1 amide bonds. The normalized spacial score (nSPS) is 22.3. The fraction of sp³-hybridized carbons (Fsp3) is 0.650. The van der Waals surface area contributed by atoms with E-state index < -0.39 is 0 Å². The summed E-state index contributed by atoms with van der Waals surface area (Å²) in [5, 5.41) is 3.21. The Hall–Kier alpha value is -1.46. The van der Waals surface area contributed by atoms with Crippen LogP contribution in [0, 0.1) is 5.82 Å². The highest BCUT2D eigenvalue weighted by atomic mass is 19.1. The Bertz CT molecular complexity index is 607. The number of piperidine rings is 1. The van der Waals surface area contributed by atoms with Gasteiger partial charge in [0.2, 0.25) is 5.91 Å². The number of carbonyl (C=O) groups excluding carboxylic acids is 1. The summed E-state index contributed by atoms with van der Waals surface area (Å²) in [4.78, 5) is 17.2. The van der Waals surface area contributed by atoms with Gasteiger partial charge in [0.15, 0.2) is 0 Å². The number of benzene rings is 1. The summed E-state index contributed by atoms with van der Waals surface area (Å²) in [5.74, 6) is -0.0888. The van der Waals surface area contributed by atoms with Crippen LogP contribution >= 0.6 is 0 Å². The zero-order valence-corrected chi connectivity index (χ0v) is 14.8. The molecule has 0 spiro atoms. The molecule has 0 radical (unpaired) electrons. The maximum atomic E-state index is 13.9. The number of likely N-dealkylation sites (tertiary alicyclic amines) is 1. The first kappa shape index (κ1) is 17.0. The molecule has 1 aromatic carbocycles. The standard InChI is InChI=1S/C20H28FN3O/c21-19-4-2-1-3-15(19)13-24(18-7-8-18)14-20(25)22-16-9-11-23(12-10-16)17-5-6-17/h1-4,16-18H,5-14H2,(H,22,25). The van der Waals surface area contributed by atoms with E-state index in [1.165, 1.54) is 18.9 Å². The summed E-state index contributed by atoms with van der Waals surface area (Å²) in [6.07, 6.45) is 7.04. The number of hydrogen-bond acceptors (Lipinski definition) is 3. The fourth-order valence-corrected chi connectivity index (χ4v) is 3.91. The molecular formula is C20H28FN3O. The van der Waals surface area contributed by atoms with Crippen molar-refractivity contribution in [1.29, 1.82) is 0 Å². The minimum absolute atomic E-state index is 0.0908. The number of nitrogens with one attached hydrogen (secondary N) is 1. The van der Waals surface area contributed by atoms with Gasteiger partial charge in [-0.25, -0.2) is 4.39 Å². The van der Waals surface area contributed by atoms with E-state index in [0.29, 0.717) is 30.7 Å². The van der Waals surface area contributed by atoms with Gasteiger partial charge >= 0.3 is 0 Å². The highest BCUT2D eigenvalue weighted by molar-refractivity contribution is 5.78.